The predicted molar refractivity (Wildman–Crippen MR) is 60.0 cm³/mol. The lowest BCUT2D eigenvalue weighted by atomic mass is 10.2. The fourth-order valence-corrected chi connectivity index (χ4v) is 1.82. The number of ether oxygens (including phenoxy) is 1. The summed E-state index contributed by atoms with van der Waals surface area (Å²) in [6.07, 6.45) is 1.09. The second-order valence-electron chi connectivity index (χ2n) is 3.78. The first-order valence-corrected chi connectivity index (χ1v) is 5.42. The van der Waals surface area contributed by atoms with E-state index in [-0.39, 0.29) is 6.61 Å². The minimum atomic E-state index is 0.114. The maximum absolute atomic E-state index is 8.95. The fraction of sp³-hybridized carbons (Fsp3) is 0.500. The molecule has 2 rings (SSSR count). The minimum Gasteiger partial charge on any atom is -0.392 e. The van der Waals surface area contributed by atoms with Gasteiger partial charge in [0.2, 0.25) is 0 Å². The zero-order valence-corrected chi connectivity index (χ0v) is 8.85. The molecule has 0 unspecified atom stereocenters. The average molecular weight is 207 g/mol. The van der Waals surface area contributed by atoms with Gasteiger partial charge in [0.1, 0.15) is 0 Å². The molecule has 0 saturated carbocycles. The van der Waals surface area contributed by atoms with Gasteiger partial charge in [-0.2, -0.15) is 0 Å². The van der Waals surface area contributed by atoms with Gasteiger partial charge in [0, 0.05) is 25.4 Å². The van der Waals surface area contributed by atoms with E-state index < -0.39 is 0 Å². The number of aliphatic hydroxyl groups is 1. The molecule has 1 aromatic carbocycles. The lowest BCUT2D eigenvalue weighted by Gasteiger charge is -2.21. The standard InChI is InChI=1S/C12H17NO2/c14-10-11-2-4-12(5-3-11)13-6-1-8-15-9-7-13/h2-5,14H,1,6-10H2. The molecule has 1 N–H and O–H groups in total. The highest BCUT2D eigenvalue weighted by Gasteiger charge is 2.09. The molecule has 1 fully saturated rings. The van der Waals surface area contributed by atoms with Gasteiger partial charge in [0.05, 0.1) is 13.2 Å². The highest BCUT2D eigenvalue weighted by molar-refractivity contribution is 5.47. The summed E-state index contributed by atoms with van der Waals surface area (Å²) >= 11 is 0. The molecule has 0 spiro atoms. The van der Waals surface area contributed by atoms with E-state index in [0.717, 1.165) is 38.3 Å². The van der Waals surface area contributed by atoms with Crippen molar-refractivity contribution in [3.05, 3.63) is 29.8 Å². The number of rotatable bonds is 2. The first kappa shape index (κ1) is 10.5. The van der Waals surface area contributed by atoms with E-state index in [1.165, 1.54) is 5.69 Å². The SMILES string of the molecule is OCc1ccc(N2CCCOCC2)cc1. The van der Waals surface area contributed by atoms with Crippen LogP contribution in [0.2, 0.25) is 0 Å². The Kier molecular flexibility index (Phi) is 3.59. The zero-order chi connectivity index (χ0) is 10.5. The van der Waals surface area contributed by atoms with Crippen molar-refractivity contribution in [2.24, 2.45) is 0 Å². The summed E-state index contributed by atoms with van der Waals surface area (Å²) in [6, 6.07) is 8.08. The predicted octanol–water partition coefficient (Wildman–Crippen LogP) is 1.41. The Balaban J connectivity index is 2.06. The van der Waals surface area contributed by atoms with Crippen LogP contribution in [0.25, 0.3) is 0 Å². The highest BCUT2D eigenvalue weighted by atomic mass is 16.5. The summed E-state index contributed by atoms with van der Waals surface area (Å²) in [5.74, 6) is 0. The van der Waals surface area contributed by atoms with Crippen LogP contribution in [-0.4, -0.2) is 31.4 Å². The fourth-order valence-electron chi connectivity index (χ4n) is 1.82. The molecular formula is C12H17NO2. The van der Waals surface area contributed by atoms with Gasteiger partial charge in [-0.15, -0.1) is 0 Å². The number of hydrogen-bond acceptors (Lipinski definition) is 3. The van der Waals surface area contributed by atoms with Gasteiger partial charge in [0.15, 0.2) is 0 Å². The second-order valence-corrected chi connectivity index (χ2v) is 3.78. The van der Waals surface area contributed by atoms with E-state index in [4.69, 9.17) is 9.84 Å². The molecule has 1 saturated heterocycles. The molecule has 0 aliphatic carbocycles. The first-order chi connectivity index (χ1) is 7.40. The van der Waals surface area contributed by atoms with Crippen molar-refractivity contribution in [3.8, 4) is 0 Å². The van der Waals surface area contributed by atoms with Crippen molar-refractivity contribution >= 4 is 5.69 Å². The maximum atomic E-state index is 8.95. The van der Waals surface area contributed by atoms with Crippen LogP contribution < -0.4 is 4.90 Å². The quantitative estimate of drug-likeness (QED) is 0.795. The molecule has 0 bridgehead atoms. The molecule has 0 atom stereocenters. The van der Waals surface area contributed by atoms with Crippen molar-refractivity contribution < 1.29 is 9.84 Å². The Hall–Kier alpha value is -1.06. The summed E-state index contributed by atoms with van der Waals surface area (Å²) < 4.78 is 5.41. The molecule has 0 amide bonds. The molecule has 0 radical (unpaired) electrons. The van der Waals surface area contributed by atoms with Crippen LogP contribution in [0.5, 0.6) is 0 Å². The van der Waals surface area contributed by atoms with Crippen molar-refractivity contribution in [1.29, 1.82) is 0 Å². The van der Waals surface area contributed by atoms with Crippen molar-refractivity contribution in [2.45, 2.75) is 13.0 Å². The summed E-state index contributed by atoms with van der Waals surface area (Å²) in [6.45, 7) is 3.80. The van der Waals surface area contributed by atoms with Gasteiger partial charge >= 0.3 is 0 Å². The number of nitrogens with zero attached hydrogens (tertiary/aromatic N) is 1. The Labute approximate surface area is 90.3 Å². The number of benzene rings is 1. The molecule has 3 nitrogen and oxygen atoms in total. The lowest BCUT2D eigenvalue weighted by Crippen LogP contribution is -2.25. The minimum absolute atomic E-state index is 0.114. The van der Waals surface area contributed by atoms with E-state index in [0.29, 0.717) is 0 Å². The van der Waals surface area contributed by atoms with Gasteiger partial charge in [-0.05, 0) is 24.1 Å². The molecule has 0 aromatic heterocycles. The third kappa shape index (κ3) is 2.70. The third-order valence-electron chi connectivity index (χ3n) is 2.71. The largest absolute Gasteiger partial charge is 0.392 e. The van der Waals surface area contributed by atoms with Crippen LogP contribution in [0.15, 0.2) is 24.3 Å². The van der Waals surface area contributed by atoms with Gasteiger partial charge in [-0.25, -0.2) is 0 Å². The maximum Gasteiger partial charge on any atom is 0.0681 e. The van der Waals surface area contributed by atoms with Crippen LogP contribution in [0.4, 0.5) is 5.69 Å². The molecule has 1 aliphatic rings. The average Bonchev–Trinajstić information content (AvgIpc) is 2.58. The van der Waals surface area contributed by atoms with Crippen molar-refractivity contribution in [3.63, 3.8) is 0 Å². The van der Waals surface area contributed by atoms with Gasteiger partial charge < -0.3 is 14.7 Å². The van der Waals surface area contributed by atoms with E-state index in [2.05, 4.69) is 17.0 Å². The van der Waals surface area contributed by atoms with Gasteiger partial charge in [0.25, 0.3) is 0 Å². The molecule has 3 heteroatoms. The van der Waals surface area contributed by atoms with Gasteiger partial charge in [-0.3, -0.25) is 0 Å². The monoisotopic (exact) mass is 207 g/mol. The molecule has 1 heterocycles. The molecule has 82 valence electrons. The summed E-state index contributed by atoms with van der Waals surface area (Å²) in [4.78, 5) is 2.33. The zero-order valence-electron chi connectivity index (χ0n) is 8.85. The summed E-state index contributed by atoms with van der Waals surface area (Å²) in [5, 5.41) is 8.95. The van der Waals surface area contributed by atoms with Crippen LogP contribution in [-0.2, 0) is 11.3 Å². The Morgan fingerprint density at radius 1 is 1.13 bits per heavy atom. The van der Waals surface area contributed by atoms with Crippen molar-refractivity contribution in [2.75, 3.05) is 31.2 Å². The number of hydrogen-bond donors (Lipinski definition) is 1. The Bertz CT molecular complexity index is 289. The topological polar surface area (TPSA) is 32.7 Å². The molecule has 1 aromatic rings. The number of aliphatic hydroxyl groups excluding tert-OH is 1. The van der Waals surface area contributed by atoms with Crippen molar-refractivity contribution in [1.82, 2.24) is 0 Å². The highest BCUT2D eigenvalue weighted by Crippen LogP contribution is 2.16. The molecule has 1 aliphatic heterocycles. The summed E-state index contributed by atoms with van der Waals surface area (Å²) in [5.41, 5.74) is 2.18. The van der Waals surface area contributed by atoms with E-state index >= 15 is 0 Å². The summed E-state index contributed by atoms with van der Waals surface area (Å²) in [7, 11) is 0. The van der Waals surface area contributed by atoms with E-state index in [9.17, 15) is 0 Å². The Morgan fingerprint density at radius 2 is 1.93 bits per heavy atom. The van der Waals surface area contributed by atoms with Gasteiger partial charge in [-0.1, -0.05) is 12.1 Å². The van der Waals surface area contributed by atoms with Crippen LogP contribution >= 0.6 is 0 Å². The van der Waals surface area contributed by atoms with E-state index in [1.807, 2.05) is 12.1 Å². The molecular weight excluding hydrogens is 190 g/mol. The van der Waals surface area contributed by atoms with Crippen LogP contribution in [0.3, 0.4) is 0 Å². The van der Waals surface area contributed by atoms with E-state index in [1.54, 1.807) is 0 Å². The number of anilines is 1. The second kappa shape index (κ2) is 5.14. The smallest absolute Gasteiger partial charge is 0.0681 e. The normalized spacial score (nSPS) is 17.5. The van der Waals surface area contributed by atoms with Crippen LogP contribution in [0.1, 0.15) is 12.0 Å². The first-order valence-electron chi connectivity index (χ1n) is 5.42. The third-order valence-corrected chi connectivity index (χ3v) is 2.71. The Morgan fingerprint density at radius 3 is 2.67 bits per heavy atom. The lowest BCUT2D eigenvalue weighted by molar-refractivity contribution is 0.152. The molecule has 15 heavy (non-hydrogen) atoms. The van der Waals surface area contributed by atoms with Crippen LogP contribution in [0, 0.1) is 0 Å².